The molecule has 2 atom stereocenters. The highest BCUT2D eigenvalue weighted by Crippen LogP contribution is 2.18. The molecule has 0 aromatic heterocycles. The highest BCUT2D eigenvalue weighted by atomic mass is 16.5. The zero-order valence-corrected chi connectivity index (χ0v) is 11.7. The minimum Gasteiger partial charge on any atom is -0.368 e. The van der Waals surface area contributed by atoms with Crippen molar-refractivity contribution in [3.05, 3.63) is 0 Å². The number of hydrogen-bond acceptors (Lipinski definition) is 3. The molecule has 0 aromatic rings. The molecule has 0 saturated carbocycles. The molecule has 2 rings (SSSR count). The van der Waals surface area contributed by atoms with E-state index in [-0.39, 0.29) is 18.1 Å². The maximum Gasteiger partial charge on any atom is 0.251 e. The largest absolute Gasteiger partial charge is 0.368 e. The molecule has 0 bridgehead atoms. The first-order chi connectivity index (χ1) is 8.68. The van der Waals surface area contributed by atoms with E-state index in [1.54, 1.807) is 0 Å². The van der Waals surface area contributed by atoms with Crippen LogP contribution in [0.15, 0.2) is 0 Å². The third-order valence-electron chi connectivity index (χ3n) is 3.94. The summed E-state index contributed by atoms with van der Waals surface area (Å²) >= 11 is 0. The number of nitrogens with zero attached hydrogens (tertiary/aromatic N) is 1. The quantitative estimate of drug-likeness (QED) is 0.827. The van der Waals surface area contributed by atoms with Gasteiger partial charge in [0, 0.05) is 25.2 Å². The van der Waals surface area contributed by atoms with Crippen molar-refractivity contribution >= 4 is 5.91 Å². The standard InChI is InChI=1S/C14H26N2O2/c1-11(2)16(10-12-6-3-4-8-15-12)14(17)13-7-5-9-18-13/h11-13,15H,3-10H2,1-2H3/t12?,13-/m1/s1. The van der Waals surface area contributed by atoms with E-state index >= 15 is 0 Å². The molecule has 0 aromatic carbocycles. The predicted octanol–water partition coefficient (Wildman–Crippen LogP) is 1.54. The van der Waals surface area contributed by atoms with Crippen LogP contribution in [0.1, 0.15) is 46.0 Å². The van der Waals surface area contributed by atoms with E-state index in [0.29, 0.717) is 6.04 Å². The molecule has 2 heterocycles. The number of rotatable bonds is 4. The highest BCUT2D eigenvalue weighted by molar-refractivity contribution is 5.81. The first-order valence-electron chi connectivity index (χ1n) is 7.34. The van der Waals surface area contributed by atoms with Crippen LogP contribution in [0.25, 0.3) is 0 Å². The molecule has 1 N–H and O–H groups in total. The molecule has 2 aliphatic rings. The molecule has 1 amide bonds. The third kappa shape index (κ3) is 3.45. The predicted molar refractivity (Wildman–Crippen MR) is 71.5 cm³/mol. The smallest absolute Gasteiger partial charge is 0.251 e. The fourth-order valence-electron chi connectivity index (χ4n) is 2.83. The summed E-state index contributed by atoms with van der Waals surface area (Å²) in [5.41, 5.74) is 0. The summed E-state index contributed by atoms with van der Waals surface area (Å²) in [7, 11) is 0. The molecular weight excluding hydrogens is 228 g/mol. The number of ether oxygens (including phenoxy) is 1. The number of amides is 1. The molecule has 1 unspecified atom stereocenters. The molecule has 2 fully saturated rings. The number of hydrogen-bond donors (Lipinski definition) is 1. The van der Waals surface area contributed by atoms with Gasteiger partial charge in [0.1, 0.15) is 6.10 Å². The van der Waals surface area contributed by atoms with Crippen LogP contribution < -0.4 is 5.32 Å². The summed E-state index contributed by atoms with van der Waals surface area (Å²) in [6, 6.07) is 0.719. The van der Waals surface area contributed by atoms with E-state index in [1.807, 2.05) is 4.90 Å². The molecule has 0 radical (unpaired) electrons. The second-order valence-electron chi connectivity index (χ2n) is 5.73. The zero-order chi connectivity index (χ0) is 13.0. The number of carbonyl (C=O) groups excluding carboxylic acids is 1. The van der Waals surface area contributed by atoms with Crippen molar-refractivity contribution in [2.24, 2.45) is 0 Å². The van der Waals surface area contributed by atoms with Crippen molar-refractivity contribution in [1.29, 1.82) is 0 Å². The lowest BCUT2D eigenvalue weighted by Gasteiger charge is -2.34. The van der Waals surface area contributed by atoms with Gasteiger partial charge in [-0.3, -0.25) is 4.79 Å². The first kappa shape index (κ1) is 13.8. The molecule has 0 spiro atoms. The molecule has 18 heavy (non-hydrogen) atoms. The lowest BCUT2D eigenvalue weighted by atomic mass is 10.0. The van der Waals surface area contributed by atoms with Gasteiger partial charge < -0.3 is 15.0 Å². The molecule has 104 valence electrons. The van der Waals surface area contributed by atoms with E-state index in [9.17, 15) is 4.79 Å². The SMILES string of the molecule is CC(C)N(CC1CCCCN1)C(=O)[C@H]1CCCO1. The highest BCUT2D eigenvalue weighted by Gasteiger charge is 2.31. The van der Waals surface area contributed by atoms with Crippen LogP contribution in [0.4, 0.5) is 0 Å². The van der Waals surface area contributed by atoms with E-state index < -0.39 is 0 Å². The van der Waals surface area contributed by atoms with Crippen LogP contribution in [-0.4, -0.2) is 48.7 Å². The average Bonchev–Trinajstić information content (AvgIpc) is 2.90. The number of nitrogens with one attached hydrogen (secondary N) is 1. The molecule has 2 aliphatic heterocycles. The molecular formula is C14H26N2O2. The van der Waals surface area contributed by atoms with Crippen LogP contribution in [0.5, 0.6) is 0 Å². The van der Waals surface area contributed by atoms with Crippen LogP contribution >= 0.6 is 0 Å². The van der Waals surface area contributed by atoms with Gasteiger partial charge in [0.05, 0.1) is 0 Å². The molecule has 4 nitrogen and oxygen atoms in total. The van der Waals surface area contributed by atoms with Crippen LogP contribution in [-0.2, 0) is 9.53 Å². The Labute approximate surface area is 110 Å². The van der Waals surface area contributed by atoms with Gasteiger partial charge in [0.2, 0.25) is 0 Å². The van der Waals surface area contributed by atoms with Gasteiger partial charge >= 0.3 is 0 Å². The van der Waals surface area contributed by atoms with Gasteiger partial charge in [-0.1, -0.05) is 6.42 Å². The summed E-state index contributed by atoms with van der Waals surface area (Å²) in [5.74, 6) is 0.190. The van der Waals surface area contributed by atoms with E-state index in [0.717, 1.165) is 32.5 Å². The van der Waals surface area contributed by atoms with Gasteiger partial charge in [-0.25, -0.2) is 0 Å². The summed E-state index contributed by atoms with van der Waals surface area (Å²) in [4.78, 5) is 14.4. The average molecular weight is 254 g/mol. The lowest BCUT2D eigenvalue weighted by molar-refractivity contribution is -0.143. The monoisotopic (exact) mass is 254 g/mol. The van der Waals surface area contributed by atoms with E-state index in [1.165, 1.54) is 19.3 Å². The Morgan fingerprint density at radius 2 is 2.17 bits per heavy atom. The Bertz CT molecular complexity index is 269. The Hall–Kier alpha value is -0.610. The zero-order valence-electron chi connectivity index (χ0n) is 11.7. The Balaban J connectivity index is 1.91. The fourth-order valence-corrected chi connectivity index (χ4v) is 2.83. The Morgan fingerprint density at radius 3 is 2.72 bits per heavy atom. The summed E-state index contributed by atoms with van der Waals surface area (Å²) in [5, 5.41) is 3.52. The van der Waals surface area contributed by atoms with Crippen molar-refractivity contribution in [3.63, 3.8) is 0 Å². The maximum absolute atomic E-state index is 12.4. The second-order valence-corrected chi connectivity index (χ2v) is 5.73. The number of piperidine rings is 1. The minimum absolute atomic E-state index is 0.184. The van der Waals surface area contributed by atoms with Crippen molar-refractivity contribution < 1.29 is 9.53 Å². The van der Waals surface area contributed by atoms with Gasteiger partial charge in [-0.2, -0.15) is 0 Å². The van der Waals surface area contributed by atoms with Gasteiger partial charge in [-0.05, 0) is 46.1 Å². The first-order valence-corrected chi connectivity index (χ1v) is 7.34. The van der Waals surface area contributed by atoms with Gasteiger partial charge in [0.25, 0.3) is 5.91 Å². The summed E-state index contributed by atoms with van der Waals surface area (Å²) in [6.07, 6.45) is 5.44. The van der Waals surface area contributed by atoms with Crippen molar-refractivity contribution in [1.82, 2.24) is 10.2 Å². The van der Waals surface area contributed by atoms with Gasteiger partial charge in [0.15, 0.2) is 0 Å². The van der Waals surface area contributed by atoms with Gasteiger partial charge in [-0.15, -0.1) is 0 Å². The van der Waals surface area contributed by atoms with Crippen LogP contribution in [0.2, 0.25) is 0 Å². The lowest BCUT2D eigenvalue weighted by Crippen LogP contribution is -2.51. The van der Waals surface area contributed by atoms with Crippen LogP contribution in [0.3, 0.4) is 0 Å². The van der Waals surface area contributed by atoms with Crippen molar-refractivity contribution in [3.8, 4) is 0 Å². The molecule has 4 heteroatoms. The fraction of sp³-hybridized carbons (Fsp3) is 0.929. The third-order valence-corrected chi connectivity index (χ3v) is 3.94. The summed E-state index contributed by atoms with van der Waals surface area (Å²) in [6.45, 7) is 6.84. The van der Waals surface area contributed by atoms with Crippen molar-refractivity contribution in [2.75, 3.05) is 19.7 Å². The minimum atomic E-state index is -0.184. The molecule has 2 saturated heterocycles. The topological polar surface area (TPSA) is 41.6 Å². The Kier molecular flexibility index (Phi) is 5.01. The van der Waals surface area contributed by atoms with E-state index in [2.05, 4.69) is 19.2 Å². The number of carbonyl (C=O) groups is 1. The van der Waals surface area contributed by atoms with E-state index in [4.69, 9.17) is 4.74 Å². The molecule has 0 aliphatic carbocycles. The normalized spacial score (nSPS) is 28.6. The summed E-state index contributed by atoms with van der Waals surface area (Å²) < 4.78 is 5.52. The van der Waals surface area contributed by atoms with Crippen LogP contribution in [0, 0.1) is 0 Å². The Morgan fingerprint density at radius 1 is 1.33 bits per heavy atom. The van der Waals surface area contributed by atoms with Crippen molar-refractivity contribution in [2.45, 2.75) is 64.1 Å². The maximum atomic E-state index is 12.4. The second kappa shape index (κ2) is 6.53.